The van der Waals surface area contributed by atoms with Gasteiger partial charge < -0.3 is 10.6 Å². The van der Waals surface area contributed by atoms with Gasteiger partial charge in [-0.15, -0.1) is 6.58 Å². The highest BCUT2D eigenvalue weighted by Gasteiger charge is 2.23. The molecule has 1 heterocycles. The predicted molar refractivity (Wildman–Crippen MR) is 70.6 cm³/mol. The van der Waals surface area contributed by atoms with Crippen LogP contribution in [0, 0.1) is 0 Å². The first-order valence-corrected chi connectivity index (χ1v) is 6.47. The molecule has 0 aliphatic carbocycles. The molecule has 1 aliphatic rings. The Morgan fingerprint density at radius 3 is 2.88 bits per heavy atom. The van der Waals surface area contributed by atoms with Crippen LogP contribution in [0.1, 0.15) is 45.4 Å². The van der Waals surface area contributed by atoms with Gasteiger partial charge in [-0.2, -0.15) is 0 Å². The summed E-state index contributed by atoms with van der Waals surface area (Å²) in [6.45, 7) is 7.71. The van der Waals surface area contributed by atoms with Crippen molar-refractivity contribution in [2.24, 2.45) is 10.7 Å². The zero-order valence-electron chi connectivity index (χ0n) is 10.5. The van der Waals surface area contributed by atoms with Gasteiger partial charge in [-0.3, -0.25) is 4.99 Å². The second kappa shape index (κ2) is 7.31. The molecule has 0 saturated carbocycles. The Hall–Kier alpha value is -0.990. The first-order chi connectivity index (χ1) is 7.79. The van der Waals surface area contributed by atoms with Crippen LogP contribution in [0.5, 0.6) is 0 Å². The van der Waals surface area contributed by atoms with Crippen molar-refractivity contribution in [2.75, 3.05) is 13.1 Å². The van der Waals surface area contributed by atoms with Crippen molar-refractivity contribution in [3.63, 3.8) is 0 Å². The second-order valence-electron chi connectivity index (χ2n) is 4.50. The van der Waals surface area contributed by atoms with Gasteiger partial charge in [0.2, 0.25) is 0 Å². The third-order valence-corrected chi connectivity index (χ3v) is 3.17. The molecule has 0 aromatic rings. The summed E-state index contributed by atoms with van der Waals surface area (Å²) in [6.07, 6.45) is 9.77. The molecule has 3 heteroatoms. The van der Waals surface area contributed by atoms with Crippen molar-refractivity contribution < 1.29 is 0 Å². The predicted octanol–water partition coefficient (Wildman–Crippen LogP) is 2.53. The topological polar surface area (TPSA) is 41.6 Å². The minimum absolute atomic E-state index is 0.514. The highest BCUT2D eigenvalue weighted by molar-refractivity contribution is 5.80. The van der Waals surface area contributed by atoms with Crippen molar-refractivity contribution in [3.8, 4) is 0 Å². The third kappa shape index (κ3) is 3.87. The Labute approximate surface area is 99.4 Å². The third-order valence-electron chi connectivity index (χ3n) is 3.17. The maximum absolute atomic E-state index is 5.84. The Bertz CT molecular complexity index is 235. The number of guanidine groups is 1. The van der Waals surface area contributed by atoms with Crippen molar-refractivity contribution >= 4 is 5.96 Å². The molecule has 0 aromatic heterocycles. The maximum Gasteiger partial charge on any atom is 0.191 e. The highest BCUT2D eigenvalue weighted by atomic mass is 15.3. The summed E-state index contributed by atoms with van der Waals surface area (Å²) in [5.41, 5.74) is 5.84. The van der Waals surface area contributed by atoms with E-state index in [9.17, 15) is 0 Å². The summed E-state index contributed by atoms with van der Waals surface area (Å²) in [5.74, 6) is 0.693. The SMILES string of the molecule is C=CCN1C(N)=NCC1CCCCCCC. The van der Waals surface area contributed by atoms with Gasteiger partial charge in [0.05, 0.1) is 12.6 Å². The number of hydrogen-bond acceptors (Lipinski definition) is 3. The number of nitrogens with two attached hydrogens (primary N) is 1. The minimum Gasteiger partial charge on any atom is -0.370 e. The maximum atomic E-state index is 5.84. The average Bonchev–Trinajstić information content (AvgIpc) is 2.62. The van der Waals surface area contributed by atoms with Gasteiger partial charge in [-0.05, 0) is 6.42 Å². The van der Waals surface area contributed by atoms with Gasteiger partial charge in [-0.1, -0.05) is 45.1 Å². The minimum atomic E-state index is 0.514. The smallest absolute Gasteiger partial charge is 0.191 e. The second-order valence-corrected chi connectivity index (χ2v) is 4.50. The normalized spacial score (nSPS) is 19.9. The zero-order chi connectivity index (χ0) is 11.8. The molecule has 92 valence electrons. The van der Waals surface area contributed by atoms with E-state index >= 15 is 0 Å². The van der Waals surface area contributed by atoms with Gasteiger partial charge in [0.1, 0.15) is 0 Å². The number of rotatable bonds is 8. The van der Waals surface area contributed by atoms with Gasteiger partial charge in [-0.25, -0.2) is 0 Å². The van der Waals surface area contributed by atoms with E-state index < -0.39 is 0 Å². The lowest BCUT2D eigenvalue weighted by Crippen LogP contribution is -2.40. The van der Waals surface area contributed by atoms with Crippen LogP contribution < -0.4 is 5.73 Å². The van der Waals surface area contributed by atoms with Gasteiger partial charge in [0.15, 0.2) is 5.96 Å². The molecular weight excluding hydrogens is 198 g/mol. The fourth-order valence-electron chi connectivity index (χ4n) is 2.19. The lowest BCUT2D eigenvalue weighted by molar-refractivity contribution is 0.340. The average molecular weight is 223 g/mol. The van der Waals surface area contributed by atoms with Crippen LogP contribution in [0.15, 0.2) is 17.6 Å². The summed E-state index contributed by atoms with van der Waals surface area (Å²) in [6, 6.07) is 0.514. The number of unbranched alkanes of at least 4 members (excludes halogenated alkanes) is 4. The molecule has 1 unspecified atom stereocenters. The highest BCUT2D eigenvalue weighted by Crippen LogP contribution is 2.16. The molecule has 1 atom stereocenters. The molecule has 1 aliphatic heterocycles. The number of aliphatic imine (C=N–C) groups is 1. The van der Waals surface area contributed by atoms with Crippen molar-refractivity contribution in [1.29, 1.82) is 0 Å². The van der Waals surface area contributed by atoms with E-state index in [1.807, 2.05) is 6.08 Å². The zero-order valence-corrected chi connectivity index (χ0v) is 10.5. The van der Waals surface area contributed by atoms with Crippen LogP contribution in [-0.4, -0.2) is 30.0 Å². The summed E-state index contributed by atoms with van der Waals surface area (Å²) < 4.78 is 0. The number of hydrogen-bond donors (Lipinski definition) is 1. The molecule has 3 nitrogen and oxygen atoms in total. The van der Waals surface area contributed by atoms with Gasteiger partial charge in [0, 0.05) is 6.54 Å². The van der Waals surface area contributed by atoms with E-state index in [0.29, 0.717) is 12.0 Å². The first-order valence-electron chi connectivity index (χ1n) is 6.47. The molecule has 0 radical (unpaired) electrons. The Morgan fingerprint density at radius 1 is 1.44 bits per heavy atom. The molecule has 2 N–H and O–H groups in total. The van der Waals surface area contributed by atoms with Gasteiger partial charge >= 0.3 is 0 Å². The Kier molecular flexibility index (Phi) is 5.98. The van der Waals surface area contributed by atoms with E-state index in [1.165, 1.54) is 38.5 Å². The molecular formula is C13H25N3. The molecule has 0 fully saturated rings. The largest absolute Gasteiger partial charge is 0.370 e. The van der Waals surface area contributed by atoms with E-state index in [0.717, 1.165) is 13.1 Å². The summed E-state index contributed by atoms with van der Waals surface area (Å²) in [5, 5.41) is 0. The number of nitrogens with zero attached hydrogens (tertiary/aromatic N) is 2. The van der Waals surface area contributed by atoms with Crippen LogP contribution in [-0.2, 0) is 0 Å². The molecule has 0 aromatic carbocycles. The summed E-state index contributed by atoms with van der Waals surface area (Å²) in [4.78, 5) is 6.48. The quantitative estimate of drug-likeness (QED) is 0.507. The Morgan fingerprint density at radius 2 is 2.19 bits per heavy atom. The molecule has 0 saturated heterocycles. The molecule has 16 heavy (non-hydrogen) atoms. The standard InChI is InChI=1S/C13H25N3/c1-3-5-6-7-8-9-12-11-15-13(14)16(12)10-4-2/h4,12H,2-3,5-11H2,1H3,(H2,14,15). The van der Waals surface area contributed by atoms with Crippen LogP contribution in [0.3, 0.4) is 0 Å². The monoisotopic (exact) mass is 223 g/mol. The Balaban J connectivity index is 2.19. The van der Waals surface area contributed by atoms with Crippen molar-refractivity contribution in [2.45, 2.75) is 51.5 Å². The fourth-order valence-corrected chi connectivity index (χ4v) is 2.19. The van der Waals surface area contributed by atoms with Crippen LogP contribution in [0.25, 0.3) is 0 Å². The first kappa shape index (κ1) is 13.1. The van der Waals surface area contributed by atoms with E-state index in [1.54, 1.807) is 0 Å². The lowest BCUT2D eigenvalue weighted by atomic mass is 10.1. The molecule has 0 amide bonds. The molecule has 1 rings (SSSR count). The lowest BCUT2D eigenvalue weighted by Gasteiger charge is -2.24. The van der Waals surface area contributed by atoms with Crippen LogP contribution in [0.2, 0.25) is 0 Å². The van der Waals surface area contributed by atoms with E-state index in [4.69, 9.17) is 5.73 Å². The molecule has 0 spiro atoms. The molecule has 0 bridgehead atoms. The van der Waals surface area contributed by atoms with Crippen LogP contribution in [0.4, 0.5) is 0 Å². The van der Waals surface area contributed by atoms with Gasteiger partial charge in [0.25, 0.3) is 0 Å². The van der Waals surface area contributed by atoms with E-state index in [2.05, 4.69) is 23.4 Å². The van der Waals surface area contributed by atoms with Crippen LogP contribution >= 0.6 is 0 Å². The fraction of sp³-hybridized carbons (Fsp3) is 0.769. The van der Waals surface area contributed by atoms with Crippen molar-refractivity contribution in [1.82, 2.24) is 4.90 Å². The summed E-state index contributed by atoms with van der Waals surface area (Å²) in [7, 11) is 0. The summed E-state index contributed by atoms with van der Waals surface area (Å²) >= 11 is 0. The van der Waals surface area contributed by atoms with Crippen molar-refractivity contribution in [3.05, 3.63) is 12.7 Å². The van der Waals surface area contributed by atoms with E-state index in [-0.39, 0.29) is 0 Å².